The highest BCUT2D eigenvalue weighted by atomic mass is 15.0. The summed E-state index contributed by atoms with van der Waals surface area (Å²) in [6.07, 6.45) is 6.02. The van der Waals surface area contributed by atoms with Crippen LogP contribution in [0.1, 0.15) is 43.2 Å². The van der Waals surface area contributed by atoms with Crippen LogP contribution in [0, 0.1) is 6.57 Å². The molecule has 210 valence electrons. The van der Waals surface area contributed by atoms with Gasteiger partial charge in [0.15, 0.2) is 23.2 Å². The van der Waals surface area contributed by atoms with Crippen molar-refractivity contribution >= 4 is 5.69 Å². The van der Waals surface area contributed by atoms with Gasteiger partial charge in [-0.05, 0) is 46.2 Å². The lowest BCUT2D eigenvalue weighted by molar-refractivity contribution is 0.353. The molecule has 4 nitrogen and oxygen atoms in total. The van der Waals surface area contributed by atoms with E-state index in [1.54, 1.807) is 0 Å². The van der Waals surface area contributed by atoms with Crippen molar-refractivity contribution in [2.45, 2.75) is 37.5 Å². The number of nitrogens with zero attached hydrogens (tertiary/aromatic N) is 4. The minimum Gasteiger partial charge on any atom is -0.238 e. The average Bonchev–Trinajstić information content (AvgIpc) is 3.38. The monoisotopic (exact) mass is 566 g/mol. The van der Waals surface area contributed by atoms with Crippen LogP contribution in [-0.2, 0) is 5.41 Å². The normalized spacial score (nSPS) is 14.5. The summed E-state index contributed by atoms with van der Waals surface area (Å²) in [5.74, 6) is 1.95. The van der Waals surface area contributed by atoms with Crippen LogP contribution in [0.3, 0.4) is 0 Å². The summed E-state index contributed by atoms with van der Waals surface area (Å²) >= 11 is 0. The molecule has 1 aromatic heterocycles. The lowest BCUT2D eigenvalue weighted by Gasteiger charge is -2.36. The molecule has 1 saturated carbocycles. The second-order valence-electron chi connectivity index (χ2n) is 11.8. The van der Waals surface area contributed by atoms with Gasteiger partial charge in [-0.25, -0.2) is 19.8 Å². The van der Waals surface area contributed by atoms with Crippen molar-refractivity contribution in [2.75, 3.05) is 0 Å². The summed E-state index contributed by atoms with van der Waals surface area (Å²) in [5.41, 5.74) is 11.0. The number of fused-ring (bicyclic) bond motifs is 5. The van der Waals surface area contributed by atoms with Crippen molar-refractivity contribution in [2.24, 2.45) is 0 Å². The number of aromatic nitrogens is 3. The molecular weight excluding hydrogens is 536 g/mol. The van der Waals surface area contributed by atoms with Crippen LogP contribution >= 0.6 is 0 Å². The lowest BCUT2D eigenvalue weighted by Crippen LogP contribution is -2.27. The molecule has 0 unspecified atom stereocenters. The van der Waals surface area contributed by atoms with E-state index in [4.69, 9.17) is 21.5 Å². The zero-order valence-electron chi connectivity index (χ0n) is 24.4. The Kier molecular flexibility index (Phi) is 6.38. The van der Waals surface area contributed by atoms with Crippen molar-refractivity contribution in [1.82, 2.24) is 15.0 Å². The molecule has 4 heteroatoms. The van der Waals surface area contributed by atoms with Gasteiger partial charge in [0.05, 0.1) is 6.57 Å². The van der Waals surface area contributed by atoms with Gasteiger partial charge in [0, 0.05) is 22.1 Å². The highest BCUT2D eigenvalue weighted by Gasteiger charge is 2.45. The fourth-order valence-electron chi connectivity index (χ4n) is 7.33. The fraction of sp³-hybridized carbons (Fsp3) is 0.150. The van der Waals surface area contributed by atoms with Crippen molar-refractivity contribution in [3.8, 4) is 56.4 Å². The van der Waals surface area contributed by atoms with Gasteiger partial charge in [0.1, 0.15) is 0 Å². The molecule has 0 atom stereocenters. The minimum atomic E-state index is 0.00608. The molecule has 0 aliphatic heterocycles. The molecule has 1 heterocycles. The van der Waals surface area contributed by atoms with Gasteiger partial charge < -0.3 is 0 Å². The first-order chi connectivity index (χ1) is 21.7. The van der Waals surface area contributed by atoms with Crippen LogP contribution in [0.4, 0.5) is 5.69 Å². The average molecular weight is 567 g/mol. The van der Waals surface area contributed by atoms with E-state index in [0.29, 0.717) is 17.5 Å². The molecule has 0 amide bonds. The van der Waals surface area contributed by atoms with Gasteiger partial charge in [-0.15, -0.1) is 0 Å². The Hall–Kier alpha value is -5.40. The van der Waals surface area contributed by atoms with Gasteiger partial charge >= 0.3 is 0 Å². The lowest BCUT2D eigenvalue weighted by atomic mass is 9.67. The molecule has 8 rings (SSSR count). The highest BCUT2D eigenvalue weighted by Crippen LogP contribution is 2.60. The first-order valence-electron chi connectivity index (χ1n) is 15.4. The molecule has 1 fully saturated rings. The quantitative estimate of drug-likeness (QED) is 0.199. The Morgan fingerprint density at radius 2 is 0.977 bits per heavy atom. The van der Waals surface area contributed by atoms with Crippen LogP contribution in [0.25, 0.3) is 61.3 Å². The largest absolute Gasteiger partial charge is 0.238 e. The van der Waals surface area contributed by atoms with Crippen molar-refractivity contribution in [3.63, 3.8) is 0 Å². The van der Waals surface area contributed by atoms with E-state index in [1.165, 1.54) is 41.5 Å². The van der Waals surface area contributed by atoms with Crippen molar-refractivity contribution in [3.05, 3.63) is 144 Å². The summed E-state index contributed by atoms with van der Waals surface area (Å²) < 4.78 is 0. The third-order valence-electron chi connectivity index (χ3n) is 9.37. The molecule has 1 spiro atoms. The van der Waals surface area contributed by atoms with E-state index in [1.807, 2.05) is 66.7 Å². The molecule has 6 aromatic rings. The molecule has 0 N–H and O–H groups in total. The smallest absolute Gasteiger partial charge is 0.195 e. The third-order valence-corrected chi connectivity index (χ3v) is 9.37. The number of benzene rings is 5. The van der Waals surface area contributed by atoms with E-state index in [0.717, 1.165) is 46.3 Å². The summed E-state index contributed by atoms with van der Waals surface area (Å²) in [7, 11) is 0. The maximum absolute atomic E-state index is 8.02. The van der Waals surface area contributed by atoms with Gasteiger partial charge in [0.25, 0.3) is 0 Å². The third kappa shape index (κ3) is 4.24. The van der Waals surface area contributed by atoms with Gasteiger partial charge in [-0.3, -0.25) is 0 Å². The zero-order valence-corrected chi connectivity index (χ0v) is 24.4. The number of hydrogen-bond donors (Lipinski definition) is 0. The Labute approximate surface area is 258 Å². The summed E-state index contributed by atoms with van der Waals surface area (Å²) in [6.45, 7) is 8.02. The molecule has 5 aromatic carbocycles. The van der Waals surface area contributed by atoms with E-state index < -0.39 is 0 Å². The maximum atomic E-state index is 8.02. The summed E-state index contributed by atoms with van der Waals surface area (Å²) in [5, 5.41) is 0. The maximum Gasteiger partial charge on any atom is 0.195 e. The van der Waals surface area contributed by atoms with Crippen LogP contribution in [0.15, 0.2) is 121 Å². The van der Waals surface area contributed by atoms with Gasteiger partial charge in [0.2, 0.25) is 0 Å². The van der Waals surface area contributed by atoms with E-state index >= 15 is 0 Å². The second kappa shape index (κ2) is 10.7. The molecule has 0 bridgehead atoms. The SMILES string of the molecule is [C-]#[N+]c1cccc2c1-c1c(-c3ccc(-c4nc(-c5ccccc5)nc(-c5ccccc5)n4)cc3)cccc1C21CCCCC1. The Bertz CT molecular complexity index is 1980. The van der Waals surface area contributed by atoms with Crippen LogP contribution in [0.2, 0.25) is 0 Å². The van der Waals surface area contributed by atoms with Gasteiger partial charge in [-0.2, -0.15) is 0 Å². The van der Waals surface area contributed by atoms with Crippen molar-refractivity contribution < 1.29 is 0 Å². The molecular formula is C40H30N4. The second-order valence-corrected chi connectivity index (χ2v) is 11.8. The Morgan fingerprint density at radius 1 is 0.477 bits per heavy atom. The standard InChI is InChI=1S/C40H30N4/c1-41-34-20-12-19-33-36(34)35-31(17-11-18-32(35)40(33)25-9-4-10-26-40)27-21-23-30(24-22-27)39-43-37(28-13-5-2-6-14-28)42-38(44-39)29-15-7-3-8-16-29/h2-3,5-8,11-24H,4,9-10,25-26H2. The molecule has 0 saturated heterocycles. The van der Waals surface area contributed by atoms with E-state index in [2.05, 4.69) is 59.4 Å². The first-order valence-corrected chi connectivity index (χ1v) is 15.4. The topological polar surface area (TPSA) is 43.0 Å². The van der Waals surface area contributed by atoms with E-state index in [9.17, 15) is 0 Å². The number of rotatable bonds is 4. The summed E-state index contributed by atoms with van der Waals surface area (Å²) in [6, 6.07) is 41.7. The van der Waals surface area contributed by atoms with Gasteiger partial charge in [-0.1, -0.05) is 141 Å². The van der Waals surface area contributed by atoms with Crippen molar-refractivity contribution in [1.29, 1.82) is 0 Å². The Morgan fingerprint density at radius 3 is 1.55 bits per heavy atom. The molecule has 2 aliphatic rings. The predicted molar refractivity (Wildman–Crippen MR) is 177 cm³/mol. The fourth-order valence-corrected chi connectivity index (χ4v) is 7.33. The predicted octanol–water partition coefficient (Wildman–Crippen LogP) is 10.3. The van der Waals surface area contributed by atoms with E-state index in [-0.39, 0.29) is 5.41 Å². The number of hydrogen-bond acceptors (Lipinski definition) is 3. The minimum absolute atomic E-state index is 0.00608. The van der Waals surface area contributed by atoms with Crippen LogP contribution in [-0.4, -0.2) is 15.0 Å². The Balaban J connectivity index is 1.25. The summed E-state index contributed by atoms with van der Waals surface area (Å²) in [4.78, 5) is 18.7. The first kappa shape index (κ1) is 26.2. The van der Waals surface area contributed by atoms with Crippen LogP contribution in [0.5, 0.6) is 0 Å². The highest BCUT2D eigenvalue weighted by molar-refractivity contribution is 5.98. The molecule has 44 heavy (non-hydrogen) atoms. The molecule has 2 aliphatic carbocycles. The zero-order chi connectivity index (χ0) is 29.5. The van der Waals surface area contributed by atoms with Crippen LogP contribution < -0.4 is 0 Å². The molecule has 0 radical (unpaired) electrons.